The van der Waals surface area contributed by atoms with Crippen molar-refractivity contribution in [1.82, 2.24) is 4.90 Å². The number of carbonyl (C=O) groups excluding carboxylic acids is 1. The van der Waals surface area contributed by atoms with E-state index in [2.05, 4.69) is 6.92 Å². The van der Waals surface area contributed by atoms with E-state index in [-0.39, 0.29) is 12.5 Å². The number of piperidine rings is 1. The van der Waals surface area contributed by atoms with Crippen molar-refractivity contribution in [2.45, 2.75) is 19.8 Å². The van der Waals surface area contributed by atoms with E-state index >= 15 is 0 Å². The number of benzene rings is 1. The van der Waals surface area contributed by atoms with E-state index in [0.717, 1.165) is 19.5 Å². The summed E-state index contributed by atoms with van der Waals surface area (Å²) in [5.74, 6) is 1.07. The van der Waals surface area contributed by atoms with Gasteiger partial charge in [-0.1, -0.05) is 30.1 Å². The number of halogens is 2. The molecule has 0 aromatic heterocycles. The summed E-state index contributed by atoms with van der Waals surface area (Å²) in [5.41, 5.74) is 0. The van der Waals surface area contributed by atoms with Gasteiger partial charge in [0.25, 0.3) is 5.91 Å². The number of hydrogen-bond acceptors (Lipinski definition) is 2. The summed E-state index contributed by atoms with van der Waals surface area (Å²) in [7, 11) is 0. The van der Waals surface area contributed by atoms with Crippen LogP contribution in [0.3, 0.4) is 0 Å². The van der Waals surface area contributed by atoms with Crippen LogP contribution in [0.1, 0.15) is 19.8 Å². The van der Waals surface area contributed by atoms with Gasteiger partial charge in [-0.25, -0.2) is 0 Å². The van der Waals surface area contributed by atoms with Gasteiger partial charge in [0.05, 0.1) is 5.02 Å². The van der Waals surface area contributed by atoms with Crippen LogP contribution in [0.15, 0.2) is 18.2 Å². The van der Waals surface area contributed by atoms with E-state index in [9.17, 15) is 4.79 Å². The van der Waals surface area contributed by atoms with Crippen LogP contribution in [-0.2, 0) is 4.79 Å². The monoisotopic (exact) mass is 301 g/mol. The molecule has 0 radical (unpaired) electrons. The van der Waals surface area contributed by atoms with E-state index < -0.39 is 0 Å². The number of nitrogens with zero attached hydrogens (tertiary/aromatic N) is 1. The fourth-order valence-electron chi connectivity index (χ4n) is 2.24. The average molecular weight is 302 g/mol. The lowest BCUT2D eigenvalue weighted by Gasteiger charge is -2.30. The molecular weight excluding hydrogens is 285 g/mol. The molecule has 104 valence electrons. The summed E-state index contributed by atoms with van der Waals surface area (Å²) >= 11 is 11.8. The lowest BCUT2D eigenvalue weighted by atomic mass is 10.0. The van der Waals surface area contributed by atoms with Crippen LogP contribution in [0.4, 0.5) is 0 Å². The smallest absolute Gasteiger partial charge is 0.260 e. The van der Waals surface area contributed by atoms with Gasteiger partial charge in [-0.3, -0.25) is 4.79 Å². The average Bonchev–Trinajstić information content (AvgIpc) is 2.37. The number of rotatable bonds is 3. The molecule has 0 spiro atoms. The molecule has 1 amide bonds. The van der Waals surface area contributed by atoms with E-state index in [4.69, 9.17) is 27.9 Å². The summed E-state index contributed by atoms with van der Waals surface area (Å²) in [6.45, 7) is 3.82. The van der Waals surface area contributed by atoms with Crippen LogP contribution in [0.2, 0.25) is 10.0 Å². The highest BCUT2D eigenvalue weighted by molar-refractivity contribution is 6.35. The minimum absolute atomic E-state index is 0.0116. The quantitative estimate of drug-likeness (QED) is 0.853. The third kappa shape index (κ3) is 4.02. The van der Waals surface area contributed by atoms with Gasteiger partial charge in [-0.15, -0.1) is 0 Å². The lowest BCUT2D eigenvalue weighted by Crippen LogP contribution is -2.41. The molecule has 3 nitrogen and oxygen atoms in total. The summed E-state index contributed by atoms with van der Waals surface area (Å²) in [6.07, 6.45) is 2.25. The Kier molecular flexibility index (Phi) is 4.94. The molecule has 1 aromatic carbocycles. The van der Waals surface area contributed by atoms with Crippen LogP contribution < -0.4 is 4.74 Å². The number of hydrogen-bond donors (Lipinski definition) is 0. The Morgan fingerprint density at radius 2 is 2.26 bits per heavy atom. The van der Waals surface area contributed by atoms with Gasteiger partial charge >= 0.3 is 0 Å². The van der Waals surface area contributed by atoms with Crippen molar-refractivity contribution >= 4 is 29.1 Å². The zero-order valence-electron chi connectivity index (χ0n) is 10.9. The van der Waals surface area contributed by atoms with Gasteiger partial charge < -0.3 is 9.64 Å². The molecule has 1 aliphatic rings. The van der Waals surface area contributed by atoms with Gasteiger partial charge in [0.1, 0.15) is 5.75 Å². The van der Waals surface area contributed by atoms with Crippen molar-refractivity contribution in [3.63, 3.8) is 0 Å². The van der Waals surface area contributed by atoms with E-state index in [1.54, 1.807) is 18.2 Å². The van der Waals surface area contributed by atoms with Crippen molar-refractivity contribution in [2.24, 2.45) is 5.92 Å². The summed E-state index contributed by atoms with van der Waals surface area (Å²) in [4.78, 5) is 13.9. The van der Waals surface area contributed by atoms with E-state index in [1.807, 2.05) is 4.90 Å². The van der Waals surface area contributed by atoms with Crippen LogP contribution in [-0.4, -0.2) is 30.5 Å². The van der Waals surface area contributed by atoms with Gasteiger partial charge in [0.2, 0.25) is 0 Å². The zero-order chi connectivity index (χ0) is 13.8. The fraction of sp³-hybridized carbons (Fsp3) is 0.500. The van der Waals surface area contributed by atoms with Crippen molar-refractivity contribution in [3.8, 4) is 5.75 Å². The van der Waals surface area contributed by atoms with Crippen molar-refractivity contribution < 1.29 is 9.53 Å². The Bertz CT molecular complexity index is 465. The second kappa shape index (κ2) is 6.49. The fourth-order valence-corrected chi connectivity index (χ4v) is 2.70. The first-order valence-corrected chi connectivity index (χ1v) is 7.17. The number of amides is 1. The highest BCUT2D eigenvalue weighted by atomic mass is 35.5. The Hall–Kier alpha value is -0.930. The maximum Gasteiger partial charge on any atom is 0.260 e. The standard InChI is InChI=1S/C14H17Cl2NO2/c1-10-3-2-6-17(8-10)14(18)9-19-13-5-4-11(15)7-12(13)16/h4-5,7,10H,2-3,6,8-9H2,1H3. The van der Waals surface area contributed by atoms with Crippen molar-refractivity contribution in [3.05, 3.63) is 28.2 Å². The first-order valence-electron chi connectivity index (χ1n) is 6.42. The summed E-state index contributed by atoms with van der Waals surface area (Å²) in [6, 6.07) is 4.97. The largest absolute Gasteiger partial charge is 0.482 e. The highest BCUT2D eigenvalue weighted by Crippen LogP contribution is 2.27. The Morgan fingerprint density at radius 1 is 1.47 bits per heavy atom. The van der Waals surface area contributed by atoms with Gasteiger partial charge in [0, 0.05) is 18.1 Å². The Morgan fingerprint density at radius 3 is 2.95 bits per heavy atom. The molecule has 1 saturated heterocycles. The van der Waals surface area contributed by atoms with Gasteiger partial charge in [0.15, 0.2) is 6.61 Å². The maximum atomic E-state index is 12.0. The molecule has 0 saturated carbocycles. The third-order valence-corrected chi connectivity index (χ3v) is 3.79. The second-order valence-electron chi connectivity index (χ2n) is 4.95. The molecule has 1 unspecified atom stereocenters. The summed E-state index contributed by atoms with van der Waals surface area (Å²) in [5, 5.41) is 0.973. The van der Waals surface area contributed by atoms with E-state index in [0.29, 0.717) is 21.7 Å². The minimum atomic E-state index is 0.0116. The van der Waals surface area contributed by atoms with Crippen LogP contribution in [0, 0.1) is 5.92 Å². The molecule has 19 heavy (non-hydrogen) atoms. The first kappa shape index (κ1) is 14.5. The van der Waals surface area contributed by atoms with Crippen molar-refractivity contribution in [1.29, 1.82) is 0 Å². The Balaban J connectivity index is 1.89. The molecule has 1 aliphatic heterocycles. The SMILES string of the molecule is CC1CCCN(C(=O)COc2ccc(Cl)cc2Cl)C1. The molecule has 0 N–H and O–H groups in total. The van der Waals surface area contributed by atoms with Gasteiger partial charge in [-0.05, 0) is 37.0 Å². The molecule has 2 rings (SSSR count). The van der Waals surface area contributed by atoms with Crippen LogP contribution >= 0.6 is 23.2 Å². The third-order valence-electron chi connectivity index (χ3n) is 3.25. The summed E-state index contributed by atoms with van der Waals surface area (Å²) < 4.78 is 5.46. The molecular formula is C14H17Cl2NO2. The minimum Gasteiger partial charge on any atom is -0.482 e. The second-order valence-corrected chi connectivity index (χ2v) is 5.79. The normalized spacial score (nSPS) is 19.3. The number of likely N-dealkylation sites (tertiary alicyclic amines) is 1. The zero-order valence-corrected chi connectivity index (χ0v) is 12.4. The number of carbonyl (C=O) groups is 1. The van der Waals surface area contributed by atoms with Crippen LogP contribution in [0.5, 0.6) is 5.75 Å². The van der Waals surface area contributed by atoms with E-state index in [1.165, 1.54) is 6.42 Å². The van der Waals surface area contributed by atoms with Crippen molar-refractivity contribution in [2.75, 3.05) is 19.7 Å². The predicted octanol–water partition coefficient (Wildman–Crippen LogP) is 3.63. The van der Waals surface area contributed by atoms with Crippen LogP contribution in [0.25, 0.3) is 0 Å². The molecule has 0 aliphatic carbocycles. The maximum absolute atomic E-state index is 12.0. The number of ether oxygens (including phenoxy) is 1. The Labute approximate surface area is 123 Å². The lowest BCUT2D eigenvalue weighted by molar-refractivity contribution is -0.135. The molecule has 0 bridgehead atoms. The molecule has 1 heterocycles. The van der Waals surface area contributed by atoms with Gasteiger partial charge in [-0.2, -0.15) is 0 Å². The molecule has 1 atom stereocenters. The molecule has 1 fully saturated rings. The topological polar surface area (TPSA) is 29.5 Å². The molecule has 5 heteroatoms. The molecule has 1 aromatic rings. The predicted molar refractivity (Wildman–Crippen MR) is 76.9 cm³/mol. The highest BCUT2D eigenvalue weighted by Gasteiger charge is 2.21. The first-order chi connectivity index (χ1) is 9.06.